The topological polar surface area (TPSA) is 22.1 Å². The summed E-state index contributed by atoms with van der Waals surface area (Å²) in [6, 6.07) is 10.1. The Hall–Kier alpha value is -1.83. The molecule has 0 aliphatic heterocycles. The number of rotatable bonds is 5. The highest BCUT2D eigenvalue weighted by Crippen LogP contribution is 2.18. The molecular weight excluding hydrogens is 210 g/mol. The quantitative estimate of drug-likeness (QED) is 0.568. The van der Waals surface area contributed by atoms with E-state index in [1.807, 2.05) is 30.5 Å². The van der Waals surface area contributed by atoms with Crippen molar-refractivity contribution in [2.45, 2.75) is 19.8 Å². The number of aromatic nitrogens is 1. The van der Waals surface area contributed by atoms with Gasteiger partial charge in [0.25, 0.3) is 0 Å². The number of ether oxygens (including phenoxy) is 1. The van der Waals surface area contributed by atoms with E-state index in [2.05, 4.69) is 24.6 Å². The van der Waals surface area contributed by atoms with Crippen LogP contribution >= 0.6 is 0 Å². The molecule has 0 spiro atoms. The highest BCUT2D eigenvalue weighted by molar-refractivity contribution is 5.81. The summed E-state index contributed by atoms with van der Waals surface area (Å²) in [7, 11) is 0. The van der Waals surface area contributed by atoms with Gasteiger partial charge in [-0.25, -0.2) is 0 Å². The van der Waals surface area contributed by atoms with Gasteiger partial charge < -0.3 is 4.74 Å². The molecule has 17 heavy (non-hydrogen) atoms. The zero-order chi connectivity index (χ0) is 12.1. The summed E-state index contributed by atoms with van der Waals surface area (Å²) in [5.41, 5.74) is 1.96. The molecule has 0 radical (unpaired) electrons. The van der Waals surface area contributed by atoms with Crippen LogP contribution in [0.5, 0.6) is 0 Å². The molecule has 0 saturated heterocycles. The number of benzene rings is 1. The Kier molecular flexibility index (Phi) is 3.76. The average molecular weight is 227 g/mol. The van der Waals surface area contributed by atoms with Crippen LogP contribution in [0.2, 0.25) is 0 Å². The van der Waals surface area contributed by atoms with Crippen molar-refractivity contribution >= 4 is 16.7 Å². The summed E-state index contributed by atoms with van der Waals surface area (Å²) < 4.78 is 5.58. The van der Waals surface area contributed by atoms with Crippen molar-refractivity contribution in [2.75, 3.05) is 6.61 Å². The molecule has 2 rings (SSSR count). The molecule has 0 unspecified atom stereocenters. The van der Waals surface area contributed by atoms with Crippen LogP contribution in [0.4, 0.5) is 0 Å². The summed E-state index contributed by atoms with van der Waals surface area (Å²) in [5.74, 6) is 0.705. The third kappa shape index (κ3) is 2.84. The molecule has 1 aromatic heterocycles. The second-order valence-electron chi connectivity index (χ2n) is 4.04. The van der Waals surface area contributed by atoms with Crippen LogP contribution in [0.15, 0.2) is 43.1 Å². The second kappa shape index (κ2) is 5.48. The van der Waals surface area contributed by atoms with Crippen molar-refractivity contribution < 1.29 is 4.74 Å². The predicted octanol–water partition coefficient (Wildman–Crippen LogP) is 4.02. The van der Waals surface area contributed by atoms with Crippen molar-refractivity contribution in [3.05, 3.63) is 48.7 Å². The molecule has 0 bridgehead atoms. The Bertz CT molecular complexity index is 519. The smallest absolute Gasteiger partial charge is 0.120 e. The van der Waals surface area contributed by atoms with Crippen LogP contribution in [-0.4, -0.2) is 11.6 Å². The van der Waals surface area contributed by atoms with Gasteiger partial charge in [-0.1, -0.05) is 38.1 Å². The monoisotopic (exact) mass is 227 g/mol. The average Bonchev–Trinajstić information content (AvgIpc) is 2.38. The van der Waals surface area contributed by atoms with Gasteiger partial charge in [0, 0.05) is 17.1 Å². The minimum atomic E-state index is 0.705. The first-order chi connectivity index (χ1) is 8.31. The fourth-order valence-corrected chi connectivity index (χ4v) is 1.65. The van der Waals surface area contributed by atoms with E-state index in [1.165, 1.54) is 0 Å². The fourth-order valence-electron chi connectivity index (χ4n) is 1.65. The van der Waals surface area contributed by atoms with Gasteiger partial charge in [-0.15, -0.1) is 0 Å². The van der Waals surface area contributed by atoms with Crippen LogP contribution in [0.1, 0.15) is 25.3 Å². The zero-order valence-corrected chi connectivity index (χ0v) is 10.1. The lowest BCUT2D eigenvalue weighted by Crippen LogP contribution is -1.94. The lowest BCUT2D eigenvalue weighted by molar-refractivity contribution is 0.271. The van der Waals surface area contributed by atoms with Crippen molar-refractivity contribution in [1.29, 1.82) is 0 Å². The standard InChI is InChI=1S/C15H17NO/c1-3-4-9-17-12(2)14-10-13-7-5-6-8-15(13)16-11-14/h5-8,10-11H,2-4,9H2,1H3. The number of nitrogens with zero attached hydrogens (tertiary/aromatic N) is 1. The maximum Gasteiger partial charge on any atom is 0.120 e. The lowest BCUT2D eigenvalue weighted by Gasteiger charge is -2.09. The van der Waals surface area contributed by atoms with Crippen molar-refractivity contribution in [2.24, 2.45) is 0 Å². The summed E-state index contributed by atoms with van der Waals surface area (Å²) in [6.45, 7) is 6.81. The van der Waals surface area contributed by atoms with Gasteiger partial charge in [0.1, 0.15) is 5.76 Å². The highest BCUT2D eigenvalue weighted by Gasteiger charge is 2.02. The van der Waals surface area contributed by atoms with Crippen LogP contribution in [0.25, 0.3) is 16.7 Å². The van der Waals surface area contributed by atoms with Crippen LogP contribution in [0, 0.1) is 0 Å². The largest absolute Gasteiger partial charge is 0.494 e. The Morgan fingerprint density at radius 3 is 3.00 bits per heavy atom. The summed E-state index contributed by atoms with van der Waals surface area (Å²) in [6.07, 6.45) is 4.00. The molecule has 0 N–H and O–H groups in total. The number of fused-ring (bicyclic) bond motifs is 1. The minimum absolute atomic E-state index is 0.705. The molecule has 0 aliphatic carbocycles. The Balaban J connectivity index is 2.15. The molecule has 1 heterocycles. The van der Waals surface area contributed by atoms with Crippen molar-refractivity contribution in [3.8, 4) is 0 Å². The molecule has 2 heteroatoms. The van der Waals surface area contributed by atoms with Crippen molar-refractivity contribution in [1.82, 2.24) is 4.98 Å². The lowest BCUT2D eigenvalue weighted by atomic mass is 10.1. The fraction of sp³-hybridized carbons (Fsp3) is 0.267. The van der Waals surface area contributed by atoms with Crippen molar-refractivity contribution in [3.63, 3.8) is 0 Å². The van der Waals surface area contributed by atoms with Gasteiger partial charge in [0.2, 0.25) is 0 Å². The van der Waals surface area contributed by atoms with E-state index in [0.717, 1.165) is 35.9 Å². The maximum atomic E-state index is 5.58. The Labute approximate surface area is 102 Å². The highest BCUT2D eigenvalue weighted by atomic mass is 16.5. The van der Waals surface area contributed by atoms with Crippen LogP contribution < -0.4 is 0 Å². The molecule has 2 nitrogen and oxygen atoms in total. The first kappa shape index (κ1) is 11.6. The van der Waals surface area contributed by atoms with Gasteiger partial charge in [-0.05, 0) is 18.6 Å². The van der Waals surface area contributed by atoms with Gasteiger partial charge in [0.15, 0.2) is 0 Å². The van der Waals surface area contributed by atoms with Gasteiger partial charge in [-0.2, -0.15) is 0 Å². The zero-order valence-electron chi connectivity index (χ0n) is 10.1. The molecule has 88 valence electrons. The molecule has 0 fully saturated rings. The summed E-state index contributed by atoms with van der Waals surface area (Å²) >= 11 is 0. The number of para-hydroxylation sites is 1. The van der Waals surface area contributed by atoms with E-state index in [4.69, 9.17) is 4.74 Å². The second-order valence-corrected chi connectivity index (χ2v) is 4.04. The summed E-state index contributed by atoms with van der Waals surface area (Å²) in [5, 5.41) is 1.12. The van der Waals surface area contributed by atoms with E-state index >= 15 is 0 Å². The molecule has 0 atom stereocenters. The molecule has 0 amide bonds. The van der Waals surface area contributed by atoms with Gasteiger partial charge in [0.05, 0.1) is 12.1 Å². The number of hydrogen-bond donors (Lipinski definition) is 0. The first-order valence-corrected chi connectivity index (χ1v) is 5.98. The van der Waals surface area contributed by atoms with Gasteiger partial charge in [-0.3, -0.25) is 4.98 Å². The predicted molar refractivity (Wildman–Crippen MR) is 71.6 cm³/mol. The molecule has 1 aromatic carbocycles. The van der Waals surface area contributed by atoms with E-state index in [0.29, 0.717) is 5.76 Å². The molecule has 0 saturated carbocycles. The van der Waals surface area contributed by atoms with E-state index in [-0.39, 0.29) is 0 Å². The first-order valence-electron chi connectivity index (χ1n) is 5.98. The minimum Gasteiger partial charge on any atom is -0.494 e. The Morgan fingerprint density at radius 1 is 1.35 bits per heavy atom. The number of pyridine rings is 1. The Morgan fingerprint density at radius 2 is 2.18 bits per heavy atom. The molecule has 0 aliphatic rings. The van der Waals surface area contributed by atoms with E-state index < -0.39 is 0 Å². The number of hydrogen-bond acceptors (Lipinski definition) is 2. The summed E-state index contributed by atoms with van der Waals surface area (Å²) in [4.78, 5) is 4.39. The molecule has 2 aromatic rings. The van der Waals surface area contributed by atoms with E-state index in [9.17, 15) is 0 Å². The van der Waals surface area contributed by atoms with Gasteiger partial charge >= 0.3 is 0 Å². The van der Waals surface area contributed by atoms with Crippen LogP contribution in [0.3, 0.4) is 0 Å². The SMILES string of the molecule is C=C(OCCCC)c1cnc2ccccc2c1. The molecular formula is C15H17NO. The third-order valence-electron chi connectivity index (χ3n) is 2.69. The maximum absolute atomic E-state index is 5.58. The van der Waals surface area contributed by atoms with Crippen LogP contribution in [-0.2, 0) is 4.74 Å². The normalized spacial score (nSPS) is 10.4. The third-order valence-corrected chi connectivity index (χ3v) is 2.69. The number of unbranched alkanes of at least 4 members (excludes halogenated alkanes) is 1. The van der Waals surface area contributed by atoms with E-state index in [1.54, 1.807) is 0 Å².